The number of carboxylic acid groups (broad SMARTS) is 1. The molecule has 128 valence electrons. The molecule has 0 saturated heterocycles. The number of fused-ring (bicyclic) bond motifs is 2. The second-order valence-electron chi connectivity index (χ2n) is 6.98. The van der Waals surface area contributed by atoms with Crippen LogP contribution in [-0.2, 0) is 5.41 Å². The molecule has 5 nitrogen and oxygen atoms in total. The summed E-state index contributed by atoms with van der Waals surface area (Å²) in [7, 11) is 0. The number of carboxylic acids is 1. The van der Waals surface area contributed by atoms with Crippen LogP contribution in [-0.4, -0.2) is 28.5 Å². The van der Waals surface area contributed by atoms with Crippen LogP contribution < -0.4 is 4.90 Å². The molecule has 0 radical (unpaired) electrons. The molecule has 1 aromatic carbocycles. The van der Waals surface area contributed by atoms with Gasteiger partial charge in [0.05, 0.1) is 5.56 Å². The van der Waals surface area contributed by atoms with Crippen molar-refractivity contribution >= 4 is 17.6 Å². The summed E-state index contributed by atoms with van der Waals surface area (Å²) in [6, 6.07) is 10.5. The minimum Gasteiger partial charge on any atom is -0.478 e. The van der Waals surface area contributed by atoms with Crippen molar-refractivity contribution in [1.29, 1.82) is 0 Å². The van der Waals surface area contributed by atoms with E-state index in [0.717, 1.165) is 36.9 Å². The van der Waals surface area contributed by atoms with Crippen LogP contribution in [0.15, 0.2) is 42.6 Å². The van der Waals surface area contributed by atoms with Gasteiger partial charge in [-0.2, -0.15) is 0 Å². The van der Waals surface area contributed by atoms with Gasteiger partial charge in [-0.25, -0.2) is 4.79 Å². The first-order valence-corrected chi connectivity index (χ1v) is 8.71. The van der Waals surface area contributed by atoms with E-state index in [1.54, 1.807) is 47.5 Å². The predicted octanol–water partition coefficient (Wildman–Crippen LogP) is 3.64. The average Bonchev–Trinajstić information content (AvgIpc) is 2.96. The Morgan fingerprint density at radius 2 is 1.88 bits per heavy atom. The number of carbonyl (C=O) groups is 2. The lowest BCUT2D eigenvalue weighted by Crippen LogP contribution is -2.38. The molecular weight excluding hydrogens is 316 g/mol. The summed E-state index contributed by atoms with van der Waals surface area (Å²) < 4.78 is 0. The van der Waals surface area contributed by atoms with Gasteiger partial charge in [-0.1, -0.05) is 25.3 Å². The van der Waals surface area contributed by atoms with Gasteiger partial charge in [-0.3, -0.25) is 9.78 Å². The zero-order valence-electron chi connectivity index (χ0n) is 13.9. The lowest BCUT2D eigenvalue weighted by molar-refractivity contribution is 0.0696. The lowest BCUT2D eigenvalue weighted by atomic mass is 9.70. The van der Waals surface area contributed by atoms with Crippen molar-refractivity contribution in [3.8, 4) is 0 Å². The molecule has 1 spiro atoms. The molecule has 2 aromatic rings. The van der Waals surface area contributed by atoms with E-state index < -0.39 is 5.97 Å². The zero-order valence-corrected chi connectivity index (χ0v) is 13.9. The van der Waals surface area contributed by atoms with Crippen molar-refractivity contribution in [3.05, 3.63) is 59.4 Å². The number of benzene rings is 1. The molecule has 1 fully saturated rings. The molecule has 1 aliphatic heterocycles. The number of carbonyl (C=O) groups excluding carboxylic acids is 1. The van der Waals surface area contributed by atoms with Crippen LogP contribution in [0.25, 0.3) is 0 Å². The summed E-state index contributed by atoms with van der Waals surface area (Å²) in [5.41, 5.74) is 2.43. The fourth-order valence-electron chi connectivity index (χ4n) is 4.27. The quantitative estimate of drug-likeness (QED) is 0.909. The Morgan fingerprint density at radius 1 is 1.08 bits per heavy atom. The second kappa shape index (κ2) is 5.99. The van der Waals surface area contributed by atoms with Gasteiger partial charge in [0.25, 0.3) is 5.91 Å². The van der Waals surface area contributed by atoms with E-state index in [1.165, 1.54) is 6.42 Å². The number of nitrogens with zero attached hydrogens (tertiary/aromatic N) is 2. The summed E-state index contributed by atoms with van der Waals surface area (Å²) in [6.45, 7) is 0.612. The molecule has 4 rings (SSSR count). The number of anilines is 1. The molecule has 1 amide bonds. The Kier molecular flexibility index (Phi) is 3.79. The highest BCUT2D eigenvalue weighted by Crippen LogP contribution is 2.49. The maximum atomic E-state index is 13.0. The number of hydrogen-bond donors (Lipinski definition) is 1. The summed E-state index contributed by atoms with van der Waals surface area (Å²) >= 11 is 0. The Bertz CT molecular complexity index is 826. The smallest absolute Gasteiger partial charge is 0.335 e. The van der Waals surface area contributed by atoms with E-state index in [2.05, 4.69) is 4.98 Å². The Labute approximate surface area is 146 Å². The first kappa shape index (κ1) is 15.8. The van der Waals surface area contributed by atoms with E-state index in [0.29, 0.717) is 12.2 Å². The first-order chi connectivity index (χ1) is 12.1. The lowest BCUT2D eigenvalue weighted by Gasteiger charge is -2.34. The van der Waals surface area contributed by atoms with Gasteiger partial charge in [0.15, 0.2) is 0 Å². The molecule has 25 heavy (non-hydrogen) atoms. The Morgan fingerprint density at radius 3 is 2.56 bits per heavy atom. The minimum atomic E-state index is -0.928. The van der Waals surface area contributed by atoms with Crippen LogP contribution in [0.5, 0.6) is 0 Å². The Hall–Kier alpha value is -2.69. The van der Waals surface area contributed by atoms with Crippen molar-refractivity contribution in [1.82, 2.24) is 4.98 Å². The molecule has 1 saturated carbocycles. The van der Waals surface area contributed by atoms with Crippen LogP contribution in [0.3, 0.4) is 0 Å². The number of pyridine rings is 1. The van der Waals surface area contributed by atoms with Crippen LogP contribution >= 0.6 is 0 Å². The number of amides is 1. The molecule has 1 N–H and O–H groups in total. The van der Waals surface area contributed by atoms with Gasteiger partial charge in [-0.05, 0) is 48.7 Å². The first-order valence-electron chi connectivity index (χ1n) is 8.71. The van der Waals surface area contributed by atoms with Crippen LogP contribution in [0.4, 0.5) is 5.69 Å². The van der Waals surface area contributed by atoms with Gasteiger partial charge in [-0.15, -0.1) is 0 Å². The van der Waals surface area contributed by atoms with Crippen molar-refractivity contribution in [2.45, 2.75) is 37.5 Å². The molecule has 1 aromatic heterocycles. The Balaban J connectivity index is 1.79. The monoisotopic (exact) mass is 336 g/mol. The summed E-state index contributed by atoms with van der Waals surface area (Å²) in [5.74, 6) is -1.05. The fourth-order valence-corrected chi connectivity index (χ4v) is 4.27. The molecule has 0 bridgehead atoms. The van der Waals surface area contributed by atoms with E-state index in [9.17, 15) is 14.7 Å². The molecule has 0 atom stereocenters. The SMILES string of the molecule is O=C(O)c1ccc2c(c1)C1(CCCCC1)CN2C(=O)c1ccccn1. The zero-order chi connectivity index (χ0) is 17.4. The molecule has 0 unspecified atom stereocenters. The minimum absolute atomic E-state index is 0.118. The highest BCUT2D eigenvalue weighted by Gasteiger charge is 2.45. The summed E-state index contributed by atoms with van der Waals surface area (Å²) in [5, 5.41) is 9.37. The number of aromatic carboxylic acids is 1. The second-order valence-corrected chi connectivity index (χ2v) is 6.98. The van der Waals surface area contributed by atoms with Gasteiger partial charge in [0.1, 0.15) is 5.69 Å². The van der Waals surface area contributed by atoms with Gasteiger partial charge in [0.2, 0.25) is 0 Å². The average molecular weight is 336 g/mol. The predicted molar refractivity (Wildman–Crippen MR) is 94.1 cm³/mol. The third-order valence-electron chi connectivity index (χ3n) is 5.51. The molecule has 2 heterocycles. The molecule has 1 aliphatic carbocycles. The van der Waals surface area contributed by atoms with E-state index in [4.69, 9.17) is 0 Å². The third-order valence-corrected chi connectivity index (χ3v) is 5.51. The normalized spacial score (nSPS) is 18.2. The van der Waals surface area contributed by atoms with Gasteiger partial charge in [0, 0.05) is 23.8 Å². The summed E-state index contributed by atoms with van der Waals surface area (Å²) in [6.07, 6.45) is 7.03. The van der Waals surface area contributed by atoms with E-state index >= 15 is 0 Å². The van der Waals surface area contributed by atoms with Crippen LogP contribution in [0, 0.1) is 0 Å². The van der Waals surface area contributed by atoms with Gasteiger partial charge >= 0.3 is 5.97 Å². The topological polar surface area (TPSA) is 70.5 Å². The highest BCUT2D eigenvalue weighted by molar-refractivity contribution is 6.07. The fraction of sp³-hybridized carbons (Fsp3) is 0.350. The largest absolute Gasteiger partial charge is 0.478 e. The van der Waals surface area contributed by atoms with Crippen molar-refractivity contribution < 1.29 is 14.7 Å². The van der Waals surface area contributed by atoms with Crippen molar-refractivity contribution in [3.63, 3.8) is 0 Å². The highest BCUT2D eigenvalue weighted by atomic mass is 16.4. The summed E-state index contributed by atoms with van der Waals surface area (Å²) in [4.78, 5) is 30.4. The number of hydrogen-bond acceptors (Lipinski definition) is 3. The third kappa shape index (κ3) is 2.60. The van der Waals surface area contributed by atoms with Crippen LogP contribution in [0.1, 0.15) is 58.5 Å². The van der Waals surface area contributed by atoms with E-state index in [-0.39, 0.29) is 16.9 Å². The number of rotatable bonds is 2. The maximum Gasteiger partial charge on any atom is 0.335 e. The molecule has 2 aliphatic rings. The van der Waals surface area contributed by atoms with Gasteiger partial charge < -0.3 is 10.0 Å². The molecular formula is C20H20N2O3. The standard InChI is InChI=1S/C20H20N2O3/c23-18(16-6-2-5-11-21-16)22-13-20(9-3-1-4-10-20)15-12-14(19(24)25)7-8-17(15)22/h2,5-8,11-12H,1,3-4,9-10,13H2,(H,24,25). The number of aromatic nitrogens is 1. The van der Waals surface area contributed by atoms with Crippen molar-refractivity contribution in [2.75, 3.05) is 11.4 Å². The van der Waals surface area contributed by atoms with Crippen molar-refractivity contribution in [2.24, 2.45) is 0 Å². The maximum absolute atomic E-state index is 13.0. The van der Waals surface area contributed by atoms with Crippen LogP contribution in [0.2, 0.25) is 0 Å². The molecule has 5 heteroatoms. The van der Waals surface area contributed by atoms with E-state index in [1.807, 2.05) is 0 Å².